The Balaban J connectivity index is 1.38. The van der Waals surface area contributed by atoms with E-state index in [0.717, 1.165) is 0 Å². The molecule has 8 rings (SSSR count). The molecular formula is C47H36. The van der Waals surface area contributed by atoms with Crippen molar-refractivity contribution in [3.63, 3.8) is 0 Å². The van der Waals surface area contributed by atoms with E-state index < -0.39 is 0 Å². The van der Waals surface area contributed by atoms with Gasteiger partial charge in [0.25, 0.3) is 0 Å². The molecule has 0 bridgehead atoms. The fourth-order valence-electron chi connectivity index (χ4n) is 7.46. The van der Waals surface area contributed by atoms with Crippen LogP contribution in [0, 0.1) is 20.8 Å². The van der Waals surface area contributed by atoms with Gasteiger partial charge in [-0.15, -0.1) is 0 Å². The molecule has 0 aliphatic heterocycles. The average Bonchev–Trinajstić information content (AvgIpc) is 3.11. The quantitative estimate of drug-likeness (QED) is 0.172. The van der Waals surface area contributed by atoms with E-state index in [2.05, 4.69) is 185 Å². The Morgan fingerprint density at radius 2 is 0.660 bits per heavy atom. The summed E-state index contributed by atoms with van der Waals surface area (Å²) in [6.07, 6.45) is 0. The van der Waals surface area contributed by atoms with Crippen molar-refractivity contribution in [1.29, 1.82) is 0 Å². The number of hydrogen-bond donors (Lipinski definition) is 0. The summed E-state index contributed by atoms with van der Waals surface area (Å²) in [6, 6.07) is 60.0. The summed E-state index contributed by atoms with van der Waals surface area (Å²) in [5.41, 5.74) is 16.5. The second kappa shape index (κ2) is 11.9. The van der Waals surface area contributed by atoms with Gasteiger partial charge in [-0.2, -0.15) is 0 Å². The number of hydrogen-bond acceptors (Lipinski definition) is 0. The van der Waals surface area contributed by atoms with Crippen LogP contribution in [0.4, 0.5) is 0 Å². The van der Waals surface area contributed by atoms with Gasteiger partial charge < -0.3 is 0 Å². The van der Waals surface area contributed by atoms with Crippen LogP contribution >= 0.6 is 0 Å². The van der Waals surface area contributed by atoms with Crippen LogP contribution in [0.3, 0.4) is 0 Å². The molecule has 47 heavy (non-hydrogen) atoms. The third-order valence-electron chi connectivity index (χ3n) is 9.57. The second-order valence-corrected chi connectivity index (χ2v) is 12.7. The topological polar surface area (TPSA) is 0 Å². The first kappa shape index (κ1) is 28.7. The van der Waals surface area contributed by atoms with Gasteiger partial charge in [-0.05, 0) is 115 Å². The SMILES string of the molecule is Cc1cc(C)c(-c2c3cccc(-c4ccc(-c5ccccc5)cc4)c3cc3c(-c4ccc(-c5ccccc5)cc4)cccc23)c(C)c1. The summed E-state index contributed by atoms with van der Waals surface area (Å²) in [5.74, 6) is 0. The fourth-order valence-corrected chi connectivity index (χ4v) is 7.46. The average molecular weight is 601 g/mol. The van der Waals surface area contributed by atoms with E-state index in [-0.39, 0.29) is 0 Å². The van der Waals surface area contributed by atoms with Crippen LogP contribution in [0.15, 0.2) is 164 Å². The molecule has 224 valence electrons. The van der Waals surface area contributed by atoms with Gasteiger partial charge in [0.05, 0.1) is 0 Å². The number of rotatable bonds is 5. The monoisotopic (exact) mass is 600 g/mol. The molecule has 8 aromatic carbocycles. The largest absolute Gasteiger partial charge is 0.0622 e. The molecule has 0 saturated heterocycles. The van der Waals surface area contributed by atoms with Crippen molar-refractivity contribution in [1.82, 2.24) is 0 Å². The minimum atomic E-state index is 1.22. The van der Waals surface area contributed by atoms with E-state index in [9.17, 15) is 0 Å². The Kier molecular flexibility index (Phi) is 7.27. The van der Waals surface area contributed by atoms with Crippen molar-refractivity contribution in [3.05, 3.63) is 180 Å². The van der Waals surface area contributed by atoms with E-state index in [4.69, 9.17) is 0 Å². The van der Waals surface area contributed by atoms with Crippen LogP contribution in [-0.2, 0) is 0 Å². The van der Waals surface area contributed by atoms with Gasteiger partial charge >= 0.3 is 0 Å². The summed E-state index contributed by atoms with van der Waals surface area (Å²) in [7, 11) is 0. The zero-order valence-corrected chi connectivity index (χ0v) is 27.1. The Morgan fingerprint density at radius 1 is 0.277 bits per heavy atom. The van der Waals surface area contributed by atoms with Crippen molar-refractivity contribution in [2.75, 3.05) is 0 Å². The summed E-state index contributed by atoms with van der Waals surface area (Å²) < 4.78 is 0. The number of benzene rings is 8. The van der Waals surface area contributed by atoms with Gasteiger partial charge in [0.15, 0.2) is 0 Å². The van der Waals surface area contributed by atoms with Gasteiger partial charge in [0.2, 0.25) is 0 Å². The van der Waals surface area contributed by atoms with E-state index in [0.29, 0.717) is 0 Å². The molecule has 0 spiro atoms. The second-order valence-electron chi connectivity index (χ2n) is 12.7. The predicted molar refractivity (Wildman–Crippen MR) is 203 cm³/mol. The van der Waals surface area contributed by atoms with Gasteiger partial charge in [0, 0.05) is 0 Å². The molecule has 0 heteroatoms. The molecule has 0 aliphatic carbocycles. The zero-order valence-electron chi connectivity index (χ0n) is 27.1. The highest BCUT2D eigenvalue weighted by Crippen LogP contribution is 2.45. The molecule has 0 radical (unpaired) electrons. The van der Waals surface area contributed by atoms with Crippen molar-refractivity contribution in [3.8, 4) is 55.6 Å². The maximum absolute atomic E-state index is 2.44. The van der Waals surface area contributed by atoms with Crippen LogP contribution in [0.25, 0.3) is 77.2 Å². The summed E-state index contributed by atoms with van der Waals surface area (Å²) in [6.45, 7) is 6.72. The Bertz CT molecular complexity index is 2210. The molecule has 0 nitrogen and oxygen atoms in total. The molecule has 0 amide bonds. The minimum absolute atomic E-state index is 1.22. The van der Waals surface area contributed by atoms with Gasteiger partial charge in [0.1, 0.15) is 0 Å². The number of aryl methyl sites for hydroxylation is 3. The first-order chi connectivity index (χ1) is 23.0. The van der Waals surface area contributed by atoms with Crippen molar-refractivity contribution in [2.45, 2.75) is 20.8 Å². The lowest BCUT2D eigenvalue weighted by Gasteiger charge is -2.20. The zero-order chi connectivity index (χ0) is 31.9. The maximum Gasteiger partial charge on any atom is -0.00210 e. The van der Waals surface area contributed by atoms with Crippen molar-refractivity contribution in [2.24, 2.45) is 0 Å². The van der Waals surface area contributed by atoms with Crippen molar-refractivity contribution < 1.29 is 0 Å². The lowest BCUT2D eigenvalue weighted by atomic mass is 9.83. The smallest absolute Gasteiger partial charge is 0.00210 e. The molecule has 0 aromatic heterocycles. The molecule has 0 atom stereocenters. The molecule has 0 N–H and O–H groups in total. The first-order valence-electron chi connectivity index (χ1n) is 16.4. The fraction of sp³-hybridized carbons (Fsp3) is 0.0638. The molecule has 0 heterocycles. The van der Waals surface area contributed by atoms with Crippen LogP contribution in [0.2, 0.25) is 0 Å². The highest BCUT2D eigenvalue weighted by molar-refractivity contribution is 6.19. The Labute approximate surface area is 277 Å². The molecule has 0 saturated carbocycles. The van der Waals surface area contributed by atoms with E-state index in [1.807, 2.05) is 0 Å². The summed E-state index contributed by atoms with van der Waals surface area (Å²) in [4.78, 5) is 0. The van der Waals surface area contributed by atoms with Crippen LogP contribution in [0.5, 0.6) is 0 Å². The van der Waals surface area contributed by atoms with Gasteiger partial charge in [-0.3, -0.25) is 0 Å². The summed E-state index contributed by atoms with van der Waals surface area (Å²) >= 11 is 0. The molecule has 0 unspecified atom stereocenters. The predicted octanol–water partition coefficient (Wildman–Crippen LogP) is 13.3. The third kappa shape index (κ3) is 5.23. The highest BCUT2D eigenvalue weighted by atomic mass is 14.2. The summed E-state index contributed by atoms with van der Waals surface area (Å²) in [5, 5.41) is 5.12. The van der Waals surface area contributed by atoms with E-state index in [1.165, 1.54) is 93.9 Å². The molecule has 8 aromatic rings. The van der Waals surface area contributed by atoms with Gasteiger partial charge in [-0.25, -0.2) is 0 Å². The van der Waals surface area contributed by atoms with Gasteiger partial charge in [-0.1, -0.05) is 163 Å². The van der Waals surface area contributed by atoms with Crippen molar-refractivity contribution >= 4 is 21.5 Å². The first-order valence-corrected chi connectivity index (χ1v) is 16.4. The van der Waals surface area contributed by atoms with E-state index >= 15 is 0 Å². The molecular weight excluding hydrogens is 565 g/mol. The highest BCUT2D eigenvalue weighted by Gasteiger charge is 2.18. The molecule has 0 fully saturated rings. The third-order valence-corrected chi connectivity index (χ3v) is 9.57. The maximum atomic E-state index is 2.44. The van der Waals surface area contributed by atoms with Crippen LogP contribution in [0.1, 0.15) is 16.7 Å². The standard InChI is InChI=1S/C47H36/c1-31-28-32(2)46(33(3)29-31)47-42-18-10-16-40(38-24-20-36(21-25-38)34-12-6-4-7-13-34)44(42)30-45-41(17-11-19-43(45)47)39-26-22-37(23-27-39)35-14-8-5-9-15-35/h4-30H,1-3H3. The Hall–Kier alpha value is -5.72. The van der Waals surface area contributed by atoms with Crippen LogP contribution in [-0.4, -0.2) is 0 Å². The van der Waals surface area contributed by atoms with Crippen LogP contribution < -0.4 is 0 Å². The lowest BCUT2D eigenvalue weighted by molar-refractivity contribution is 1.33. The molecule has 0 aliphatic rings. The lowest BCUT2D eigenvalue weighted by Crippen LogP contribution is -1.95. The number of fused-ring (bicyclic) bond motifs is 2. The van der Waals surface area contributed by atoms with E-state index in [1.54, 1.807) is 0 Å². The normalized spacial score (nSPS) is 11.3. The Morgan fingerprint density at radius 3 is 1.09 bits per heavy atom. The minimum Gasteiger partial charge on any atom is -0.0622 e.